The number of nitrogens with two attached hydrogens (primary N) is 1. The van der Waals surface area contributed by atoms with Crippen molar-refractivity contribution in [3.8, 4) is 0 Å². The molecule has 1 heterocycles. The molecule has 92 valence electrons. The summed E-state index contributed by atoms with van der Waals surface area (Å²) < 4.78 is 5.00. The van der Waals surface area contributed by atoms with Gasteiger partial charge in [-0.3, -0.25) is 4.79 Å². The number of nitrogens with one attached hydrogen (secondary N) is 1. The number of rotatable bonds is 4. The maximum atomic E-state index is 11.7. The minimum atomic E-state index is -0.276. The summed E-state index contributed by atoms with van der Waals surface area (Å²) in [6.45, 7) is 0. The van der Waals surface area contributed by atoms with Crippen LogP contribution in [0.5, 0.6) is 0 Å². The van der Waals surface area contributed by atoms with Crippen molar-refractivity contribution in [3.63, 3.8) is 0 Å². The molecule has 0 fully saturated rings. The van der Waals surface area contributed by atoms with Crippen LogP contribution in [0, 0.1) is 0 Å². The standard InChI is InChI=1S/C13H12N2O2S/c14-12(18)8-9-3-5-10(6-4-9)15-13(16)11-2-1-7-17-11/h1-7H,8H2,(H2,14,18)(H,15,16). The average Bonchev–Trinajstić information content (AvgIpc) is 2.84. The van der Waals surface area contributed by atoms with Crippen molar-refractivity contribution in [2.75, 3.05) is 5.32 Å². The Kier molecular flexibility index (Phi) is 3.74. The predicted octanol–water partition coefficient (Wildman–Crippen LogP) is 2.36. The van der Waals surface area contributed by atoms with E-state index in [-0.39, 0.29) is 11.7 Å². The highest BCUT2D eigenvalue weighted by Gasteiger charge is 2.08. The molecule has 0 aliphatic carbocycles. The van der Waals surface area contributed by atoms with Gasteiger partial charge in [0.15, 0.2) is 5.76 Å². The second kappa shape index (κ2) is 5.46. The maximum absolute atomic E-state index is 11.7. The third-order valence-corrected chi connectivity index (χ3v) is 2.48. The van der Waals surface area contributed by atoms with Crippen LogP contribution in [0.15, 0.2) is 47.1 Å². The molecule has 0 aliphatic rings. The second-order valence-electron chi connectivity index (χ2n) is 3.77. The van der Waals surface area contributed by atoms with E-state index in [9.17, 15) is 4.79 Å². The van der Waals surface area contributed by atoms with Crippen molar-refractivity contribution in [3.05, 3.63) is 54.0 Å². The Bertz CT molecular complexity index is 547. The molecule has 0 saturated heterocycles. The first kappa shape index (κ1) is 12.3. The molecule has 1 aromatic carbocycles. The number of thiocarbonyl (C=S) groups is 1. The first-order valence-electron chi connectivity index (χ1n) is 5.37. The van der Waals surface area contributed by atoms with Crippen LogP contribution >= 0.6 is 12.2 Å². The van der Waals surface area contributed by atoms with Gasteiger partial charge in [-0.15, -0.1) is 0 Å². The molecular formula is C13H12N2O2S. The predicted molar refractivity (Wildman–Crippen MR) is 73.6 cm³/mol. The summed E-state index contributed by atoms with van der Waals surface area (Å²) in [4.78, 5) is 12.1. The van der Waals surface area contributed by atoms with Crippen LogP contribution in [0.4, 0.5) is 5.69 Å². The van der Waals surface area contributed by atoms with Crippen LogP contribution in [0.1, 0.15) is 16.1 Å². The normalized spacial score (nSPS) is 10.0. The largest absolute Gasteiger partial charge is 0.459 e. The van der Waals surface area contributed by atoms with E-state index in [1.807, 2.05) is 12.1 Å². The highest BCUT2D eigenvalue weighted by molar-refractivity contribution is 7.80. The molecule has 18 heavy (non-hydrogen) atoms. The van der Waals surface area contributed by atoms with Gasteiger partial charge in [-0.05, 0) is 29.8 Å². The molecule has 0 aliphatic heterocycles. The van der Waals surface area contributed by atoms with Crippen LogP contribution < -0.4 is 11.1 Å². The second-order valence-corrected chi connectivity index (χ2v) is 4.30. The van der Waals surface area contributed by atoms with Gasteiger partial charge in [-0.25, -0.2) is 0 Å². The van der Waals surface area contributed by atoms with E-state index in [2.05, 4.69) is 5.32 Å². The molecule has 0 atom stereocenters. The van der Waals surface area contributed by atoms with Gasteiger partial charge in [0, 0.05) is 12.1 Å². The number of anilines is 1. The maximum Gasteiger partial charge on any atom is 0.291 e. The van der Waals surface area contributed by atoms with Gasteiger partial charge in [0.2, 0.25) is 0 Å². The van der Waals surface area contributed by atoms with E-state index in [0.29, 0.717) is 17.1 Å². The number of carbonyl (C=O) groups is 1. The van der Waals surface area contributed by atoms with Crippen molar-refractivity contribution >= 4 is 28.8 Å². The summed E-state index contributed by atoms with van der Waals surface area (Å²) >= 11 is 4.83. The van der Waals surface area contributed by atoms with E-state index in [1.165, 1.54) is 6.26 Å². The molecule has 1 aromatic heterocycles. The molecule has 3 N–H and O–H groups in total. The van der Waals surface area contributed by atoms with E-state index in [0.717, 1.165) is 5.56 Å². The monoisotopic (exact) mass is 260 g/mol. The lowest BCUT2D eigenvalue weighted by Gasteiger charge is -2.04. The van der Waals surface area contributed by atoms with Crippen molar-refractivity contribution in [2.24, 2.45) is 5.73 Å². The lowest BCUT2D eigenvalue weighted by Crippen LogP contribution is -2.12. The lowest BCUT2D eigenvalue weighted by atomic mass is 10.1. The Hall–Kier alpha value is -2.14. The molecule has 2 aromatic rings. The zero-order valence-corrected chi connectivity index (χ0v) is 10.4. The number of hydrogen-bond acceptors (Lipinski definition) is 3. The molecule has 2 rings (SSSR count). The highest BCUT2D eigenvalue weighted by atomic mass is 32.1. The smallest absolute Gasteiger partial charge is 0.291 e. The molecule has 5 heteroatoms. The van der Waals surface area contributed by atoms with Gasteiger partial charge in [0.05, 0.1) is 11.3 Å². The van der Waals surface area contributed by atoms with Gasteiger partial charge >= 0.3 is 0 Å². The van der Waals surface area contributed by atoms with Crippen molar-refractivity contribution in [1.82, 2.24) is 0 Å². The summed E-state index contributed by atoms with van der Waals surface area (Å²) in [7, 11) is 0. The molecule has 4 nitrogen and oxygen atoms in total. The third-order valence-electron chi connectivity index (χ3n) is 2.34. The number of amides is 1. The fourth-order valence-electron chi connectivity index (χ4n) is 1.51. The van der Waals surface area contributed by atoms with Crippen LogP contribution in [-0.2, 0) is 6.42 Å². The fraction of sp³-hybridized carbons (Fsp3) is 0.0769. The number of carbonyl (C=O) groups excluding carboxylic acids is 1. The van der Waals surface area contributed by atoms with E-state index in [4.69, 9.17) is 22.4 Å². The summed E-state index contributed by atoms with van der Waals surface area (Å²) in [5.41, 5.74) is 7.17. The quantitative estimate of drug-likeness (QED) is 0.828. The minimum Gasteiger partial charge on any atom is -0.459 e. The summed E-state index contributed by atoms with van der Waals surface area (Å²) in [5.74, 6) is 0.00399. The first-order chi connectivity index (χ1) is 8.65. The Morgan fingerprint density at radius 3 is 2.56 bits per heavy atom. The zero-order valence-electron chi connectivity index (χ0n) is 9.55. The van der Waals surface area contributed by atoms with Crippen LogP contribution in [0.2, 0.25) is 0 Å². The molecule has 0 saturated carbocycles. The van der Waals surface area contributed by atoms with Gasteiger partial charge in [0.25, 0.3) is 5.91 Å². The Balaban J connectivity index is 2.02. The number of furan rings is 1. The summed E-state index contributed by atoms with van der Waals surface area (Å²) in [6, 6.07) is 10.6. The average molecular weight is 260 g/mol. The summed E-state index contributed by atoms with van der Waals surface area (Å²) in [5, 5.41) is 2.73. The lowest BCUT2D eigenvalue weighted by molar-refractivity contribution is 0.0996. The minimum absolute atomic E-state index is 0.276. The highest BCUT2D eigenvalue weighted by Crippen LogP contribution is 2.12. The molecule has 0 radical (unpaired) electrons. The van der Waals surface area contributed by atoms with Crippen molar-refractivity contribution < 1.29 is 9.21 Å². The van der Waals surface area contributed by atoms with Gasteiger partial charge < -0.3 is 15.5 Å². The van der Waals surface area contributed by atoms with Gasteiger partial charge in [0.1, 0.15) is 0 Å². The van der Waals surface area contributed by atoms with E-state index < -0.39 is 0 Å². The van der Waals surface area contributed by atoms with E-state index >= 15 is 0 Å². The molecule has 0 unspecified atom stereocenters. The Morgan fingerprint density at radius 1 is 1.28 bits per heavy atom. The Morgan fingerprint density at radius 2 is 2.00 bits per heavy atom. The Labute approximate surface area is 110 Å². The summed E-state index contributed by atoms with van der Waals surface area (Å²) in [6.07, 6.45) is 2.02. The first-order valence-corrected chi connectivity index (χ1v) is 5.78. The van der Waals surface area contributed by atoms with E-state index in [1.54, 1.807) is 24.3 Å². The van der Waals surface area contributed by atoms with Crippen molar-refractivity contribution in [1.29, 1.82) is 0 Å². The van der Waals surface area contributed by atoms with Crippen molar-refractivity contribution in [2.45, 2.75) is 6.42 Å². The van der Waals surface area contributed by atoms with Gasteiger partial charge in [-0.1, -0.05) is 24.4 Å². The third kappa shape index (κ3) is 3.18. The molecule has 0 bridgehead atoms. The number of hydrogen-bond donors (Lipinski definition) is 2. The topological polar surface area (TPSA) is 68.3 Å². The molecule has 1 amide bonds. The molecular weight excluding hydrogens is 248 g/mol. The molecule has 0 spiro atoms. The van der Waals surface area contributed by atoms with Crippen LogP contribution in [0.25, 0.3) is 0 Å². The SMILES string of the molecule is NC(=S)Cc1ccc(NC(=O)c2ccco2)cc1. The van der Waals surface area contributed by atoms with Crippen LogP contribution in [0.3, 0.4) is 0 Å². The van der Waals surface area contributed by atoms with Gasteiger partial charge in [-0.2, -0.15) is 0 Å². The zero-order chi connectivity index (χ0) is 13.0. The van der Waals surface area contributed by atoms with Crippen LogP contribution in [-0.4, -0.2) is 10.9 Å². The fourth-order valence-corrected chi connectivity index (χ4v) is 1.67. The number of benzene rings is 1.